The van der Waals surface area contributed by atoms with Crippen LogP contribution in [-0.2, 0) is 16.1 Å². The summed E-state index contributed by atoms with van der Waals surface area (Å²) in [5.74, 6) is -1.30. The normalized spacial score (nSPS) is 25.8. The number of hydrogen-bond acceptors (Lipinski definition) is 5. The molecule has 3 aliphatic rings. The number of aryl methyl sites for hydroxylation is 2. The molecule has 0 radical (unpaired) electrons. The summed E-state index contributed by atoms with van der Waals surface area (Å²) < 4.78 is 39.4. The molecule has 32 heavy (non-hydrogen) atoms. The molecule has 3 fully saturated rings. The molecule has 0 spiro atoms. The van der Waals surface area contributed by atoms with Crippen molar-refractivity contribution in [2.24, 2.45) is 11.8 Å². The lowest BCUT2D eigenvalue weighted by molar-refractivity contribution is -0.192. The van der Waals surface area contributed by atoms with Gasteiger partial charge in [-0.15, -0.1) is 0 Å². The Kier molecular flexibility index (Phi) is 7.49. The van der Waals surface area contributed by atoms with Crippen LogP contribution in [0.2, 0.25) is 0 Å². The number of carboxylic acid groups (broad SMARTS) is 1. The molecular weight excluding hydrogens is 429 g/mol. The number of methoxy groups -OCH3 is 1. The number of carbonyl (C=O) groups is 2. The van der Waals surface area contributed by atoms with E-state index in [0.717, 1.165) is 49.9 Å². The molecule has 1 amide bonds. The number of carbonyl (C=O) groups excluding carboxylic acids is 1. The highest BCUT2D eigenvalue weighted by Crippen LogP contribution is 2.36. The number of aliphatic carboxylic acids is 1. The molecule has 8 nitrogen and oxygen atoms in total. The molecule has 1 aromatic rings. The Morgan fingerprint density at radius 2 is 1.91 bits per heavy atom. The van der Waals surface area contributed by atoms with Crippen molar-refractivity contribution in [2.75, 3.05) is 33.3 Å². The molecular formula is C21H31F3N4O4. The number of aromatic nitrogens is 2. The van der Waals surface area contributed by atoms with E-state index in [2.05, 4.69) is 14.9 Å². The second kappa shape index (κ2) is 9.78. The molecule has 3 atom stereocenters. The molecule has 0 aromatic carbocycles. The second-order valence-corrected chi connectivity index (χ2v) is 8.74. The van der Waals surface area contributed by atoms with E-state index in [4.69, 9.17) is 14.6 Å². The Hall–Kier alpha value is -2.14. The fourth-order valence-electron chi connectivity index (χ4n) is 4.70. The Balaban J connectivity index is 0.000000360. The third-order valence-corrected chi connectivity index (χ3v) is 6.38. The fraction of sp³-hybridized carbons (Fsp3) is 0.762. The molecule has 4 rings (SSSR count). The Labute approximate surface area is 185 Å². The van der Waals surface area contributed by atoms with Crippen molar-refractivity contribution >= 4 is 11.9 Å². The number of rotatable bonds is 5. The van der Waals surface area contributed by atoms with Gasteiger partial charge in [0.15, 0.2) is 0 Å². The highest BCUT2D eigenvalue weighted by Gasteiger charge is 2.47. The molecule has 0 unspecified atom stereocenters. The first-order chi connectivity index (χ1) is 15.0. The average Bonchev–Trinajstić information content (AvgIpc) is 3.30. The van der Waals surface area contributed by atoms with E-state index in [0.29, 0.717) is 5.92 Å². The minimum absolute atomic E-state index is 0.139. The van der Waals surface area contributed by atoms with E-state index in [1.54, 1.807) is 0 Å². The predicted octanol–water partition coefficient (Wildman–Crippen LogP) is 2.42. The van der Waals surface area contributed by atoms with Crippen molar-refractivity contribution in [3.05, 3.63) is 17.5 Å². The number of halogens is 3. The zero-order chi connectivity index (χ0) is 23.6. The van der Waals surface area contributed by atoms with Gasteiger partial charge in [-0.05, 0) is 45.1 Å². The number of likely N-dealkylation sites (tertiary alicyclic amines) is 2. The summed E-state index contributed by atoms with van der Waals surface area (Å²) in [6.07, 6.45) is -1.13. The molecule has 1 aliphatic carbocycles. The number of alkyl halides is 3. The van der Waals surface area contributed by atoms with Crippen LogP contribution in [0, 0.1) is 18.8 Å². The number of nitrogens with zero attached hydrogens (tertiary/aromatic N) is 4. The summed E-state index contributed by atoms with van der Waals surface area (Å²) in [4.78, 5) is 26.8. The molecule has 2 saturated heterocycles. The molecule has 1 aromatic heterocycles. The number of hydrogen-bond donors (Lipinski definition) is 1. The van der Waals surface area contributed by atoms with Crippen LogP contribution < -0.4 is 0 Å². The van der Waals surface area contributed by atoms with Crippen LogP contribution in [0.15, 0.2) is 6.07 Å². The minimum atomic E-state index is -5.08. The molecule has 0 bridgehead atoms. The van der Waals surface area contributed by atoms with Gasteiger partial charge in [0.25, 0.3) is 5.91 Å². The van der Waals surface area contributed by atoms with Crippen molar-refractivity contribution in [1.82, 2.24) is 19.6 Å². The lowest BCUT2D eigenvalue weighted by Crippen LogP contribution is -2.53. The topological polar surface area (TPSA) is 87.9 Å². The minimum Gasteiger partial charge on any atom is -0.475 e. The van der Waals surface area contributed by atoms with Crippen LogP contribution in [0.5, 0.6) is 0 Å². The monoisotopic (exact) mass is 460 g/mol. The van der Waals surface area contributed by atoms with Gasteiger partial charge in [-0.2, -0.15) is 18.3 Å². The van der Waals surface area contributed by atoms with Gasteiger partial charge in [0.05, 0.1) is 17.8 Å². The van der Waals surface area contributed by atoms with Gasteiger partial charge in [0, 0.05) is 45.8 Å². The van der Waals surface area contributed by atoms with Crippen molar-refractivity contribution in [3.8, 4) is 0 Å². The van der Waals surface area contributed by atoms with Gasteiger partial charge in [-0.1, -0.05) is 0 Å². The number of fused-ring (bicyclic) bond motifs is 1. The quantitative estimate of drug-likeness (QED) is 0.726. The van der Waals surface area contributed by atoms with Gasteiger partial charge in [-0.3, -0.25) is 9.48 Å². The summed E-state index contributed by atoms with van der Waals surface area (Å²) in [7, 11) is 1.82. The number of ether oxygens (including phenoxy) is 1. The second-order valence-electron chi connectivity index (χ2n) is 8.74. The van der Waals surface area contributed by atoms with E-state index in [9.17, 15) is 18.0 Å². The highest BCUT2D eigenvalue weighted by atomic mass is 19.4. The summed E-state index contributed by atoms with van der Waals surface area (Å²) in [6.45, 7) is 8.75. The van der Waals surface area contributed by atoms with Crippen LogP contribution in [0.25, 0.3) is 0 Å². The first kappa shape index (κ1) is 24.5. The van der Waals surface area contributed by atoms with Crippen molar-refractivity contribution in [2.45, 2.75) is 58.0 Å². The summed E-state index contributed by atoms with van der Waals surface area (Å²) in [5, 5.41) is 11.6. The molecule has 3 heterocycles. The molecule has 11 heteroatoms. The Morgan fingerprint density at radius 1 is 1.25 bits per heavy atom. The predicted molar refractivity (Wildman–Crippen MR) is 109 cm³/mol. The lowest BCUT2D eigenvalue weighted by Gasteiger charge is -2.41. The van der Waals surface area contributed by atoms with Crippen LogP contribution in [0.1, 0.15) is 42.4 Å². The summed E-state index contributed by atoms with van der Waals surface area (Å²) in [6, 6.07) is 2.20. The van der Waals surface area contributed by atoms with E-state index in [1.807, 2.05) is 31.7 Å². The van der Waals surface area contributed by atoms with Crippen molar-refractivity contribution < 1.29 is 32.6 Å². The van der Waals surface area contributed by atoms with Crippen LogP contribution in [-0.4, -0.2) is 88.2 Å². The Morgan fingerprint density at radius 3 is 2.44 bits per heavy atom. The maximum Gasteiger partial charge on any atom is 0.490 e. The van der Waals surface area contributed by atoms with Gasteiger partial charge in [0.2, 0.25) is 0 Å². The average molecular weight is 460 g/mol. The van der Waals surface area contributed by atoms with Gasteiger partial charge in [0.1, 0.15) is 5.69 Å². The van der Waals surface area contributed by atoms with Crippen LogP contribution in [0.3, 0.4) is 0 Å². The van der Waals surface area contributed by atoms with Crippen molar-refractivity contribution in [3.63, 3.8) is 0 Å². The number of carboxylic acids is 1. The molecule has 1 N–H and O–H groups in total. The first-order valence-corrected chi connectivity index (χ1v) is 11.0. The molecule has 180 valence electrons. The molecule has 2 aliphatic heterocycles. The third-order valence-electron chi connectivity index (χ3n) is 6.38. The fourth-order valence-corrected chi connectivity index (χ4v) is 4.70. The van der Waals surface area contributed by atoms with E-state index in [-0.39, 0.29) is 18.1 Å². The van der Waals surface area contributed by atoms with E-state index >= 15 is 0 Å². The van der Waals surface area contributed by atoms with Gasteiger partial charge >= 0.3 is 12.1 Å². The van der Waals surface area contributed by atoms with Crippen molar-refractivity contribution in [1.29, 1.82) is 0 Å². The Bertz CT molecular complexity index is 824. The van der Waals surface area contributed by atoms with Gasteiger partial charge < -0.3 is 19.6 Å². The van der Waals surface area contributed by atoms with E-state index < -0.39 is 12.1 Å². The van der Waals surface area contributed by atoms with Crippen LogP contribution in [0.4, 0.5) is 13.2 Å². The lowest BCUT2D eigenvalue weighted by atomic mass is 9.88. The highest BCUT2D eigenvalue weighted by molar-refractivity contribution is 5.93. The number of piperidine rings is 1. The van der Waals surface area contributed by atoms with Crippen LogP contribution >= 0.6 is 0 Å². The largest absolute Gasteiger partial charge is 0.490 e. The van der Waals surface area contributed by atoms with E-state index in [1.165, 1.54) is 19.4 Å². The zero-order valence-corrected chi connectivity index (χ0v) is 18.6. The third kappa shape index (κ3) is 5.61. The maximum atomic E-state index is 13.3. The standard InChI is InChI=1S/C19H30N4O2.C2HF3O2/c1-4-23-16(9-13(2)20-23)19(24)22-8-7-18(25-3)15-11-21(12-17(15)22)10-14-5-6-14;3-2(4,5)1(6)7/h9,14-15,17-18H,4-8,10-12H2,1-3H3;(H,6,7)/t15-,17+,18-;/m0./s1. The SMILES string of the molecule is CCn1nc(C)cc1C(=O)N1CC[C@H](OC)[C@H]2CN(CC3CC3)C[C@H]21.O=C(O)C(F)(F)F. The van der Waals surface area contributed by atoms with Gasteiger partial charge in [-0.25, -0.2) is 4.79 Å². The summed E-state index contributed by atoms with van der Waals surface area (Å²) in [5.41, 5.74) is 1.64. The first-order valence-electron chi connectivity index (χ1n) is 11.0. The number of amides is 1. The maximum absolute atomic E-state index is 13.3. The summed E-state index contributed by atoms with van der Waals surface area (Å²) >= 11 is 0. The zero-order valence-electron chi connectivity index (χ0n) is 18.6. The smallest absolute Gasteiger partial charge is 0.475 e. The molecule has 1 saturated carbocycles.